The molecule has 19 heavy (non-hydrogen) atoms. The van der Waals surface area contributed by atoms with Crippen molar-refractivity contribution < 1.29 is 9.18 Å². The molecule has 2 aromatic carbocycles. The van der Waals surface area contributed by atoms with Gasteiger partial charge in [-0.05, 0) is 36.4 Å². The van der Waals surface area contributed by atoms with E-state index in [1.807, 2.05) is 0 Å². The van der Waals surface area contributed by atoms with E-state index in [2.05, 4.69) is 5.32 Å². The van der Waals surface area contributed by atoms with Crippen LogP contribution in [0.3, 0.4) is 0 Å². The summed E-state index contributed by atoms with van der Waals surface area (Å²) in [6.45, 7) is 0. The van der Waals surface area contributed by atoms with Gasteiger partial charge in [-0.15, -0.1) is 0 Å². The summed E-state index contributed by atoms with van der Waals surface area (Å²) in [4.78, 5) is 11.9. The lowest BCUT2D eigenvalue weighted by molar-refractivity contribution is 0.102. The van der Waals surface area contributed by atoms with Crippen molar-refractivity contribution in [1.29, 1.82) is 0 Å². The number of hydrogen-bond donors (Lipinski definition) is 1. The smallest absolute Gasteiger partial charge is 0.257 e. The van der Waals surface area contributed by atoms with E-state index in [9.17, 15) is 9.18 Å². The van der Waals surface area contributed by atoms with Gasteiger partial charge in [-0.2, -0.15) is 0 Å². The van der Waals surface area contributed by atoms with Crippen LogP contribution in [0.25, 0.3) is 0 Å². The van der Waals surface area contributed by atoms with Crippen molar-refractivity contribution in [2.75, 3.05) is 5.32 Å². The van der Waals surface area contributed by atoms with Crippen LogP contribution < -0.4 is 5.32 Å². The third kappa shape index (κ3) is 3.38. The molecule has 6 heteroatoms. The highest BCUT2D eigenvalue weighted by molar-refractivity contribution is 6.37. The number of rotatable bonds is 2. The van der Waals surface area contributed by atoms with Crippen LogP contribution >= 0.6 is 34.8 Å². The Morgan fingerprint density at radius 3 is 2.26 bits per heavy atom. The van der Waals surface area contributed by atoms with E-state index in [-0.39, 0.29) is 15.6 Å². The Morgan fingerprint density at radius 1 is 1.00 bits per heavy atom. The first-order valence-corrected chi connectivity index (χ1v) is 6.32. The number of anilines is 1. The van der Waals surface area contributed by atoms with Crippen molar-refractivity contribution in [2.45, 2.75) is 0 Å². The Bertz CT molecular complexity index is 629. The Kier molecular flexibility index (Phi) is 4.30. The summed E-state index contributed by atoms with van der Waals surface area (Å²) in [7, 11) is 0. The van der Waals surface area contributed by atoms with E-state index in [4.69, 9.17) is 34.8 Å². The lowest BCUT2D eigenvalue weighted by Crippen LogP contribution is -2.12. The SMILES string of the molecule is O=C(Nc1ccc(Cl)cc1)c1cc(F)c(Cl)cc1Cl. The quantitative estimate of drug-likeness (QED) is 0.772. The van der Waals surface area contributed by atoms with Gasteiger partial charge in [-0.25, -0.2) is 4.39 Å². The number of hydrogen-bond acceptors (Lipinski definition) is 1. The molecule has 0 radical (unpaired) electrons. The van der Waals surface area contributed by atoms with Crippen LogP contribution in [-0.4, -0.2) is 5.91 Å². The second-order valence-electron chi connectivity index (χ2n) is 3.71. The first-order chi connectivity index (χ1) is 8.97. The first kappa shape index (κ1) is 14.1. The highest BCUT2D eigenvalue weighted by Gasteiger charge is 2.14. The van der Waals surface area contributed by atoms with Crippen LogP contribution in [0.4, 0.5) is 10.1 Å². The molecule has 1 amide bonds. The molecule has 2 aromatic rings. The van der Waals surface area contributed by atoms with E-state index < -0.39 is 11.7 Å². The van der Waals surface area contributed by atoms with Gasteiger partial charge in [0.25, 0.3) is 5.91 Å². The highest BCUT2D eigenvalue weighted by Crippen LogP contribution is 2.25. The lowest BCUT2D eigenvalue weighted by Gasteiger charge is -2.07. The monoisotopic (exact) mass is 317 g/mol. The Labute approximate surface area is 124 Å². The molecule has 0 saturated heterocycles. The fourth-order valence-corrected chi connectivity index (χ4v) is 2.02. The Hall–Kier alpha value is -1.29. The van der Waals surface area contributed by atoms with E-state index in [1.165, 1.54) is 6.07 Å². The van der Waals surface area contributed by atoms with Gasteiger partial charge in [0, 0.05) is 10.7 Å². The molecule has 0 fully saturated rings. The fraction of sp³-hybridized carbons (Fsp3) is 0. The van der Waals surface area contributed by atoms with Crippen molar-refractivity contribution in [3.63, 3.8) is 0 Å². The summed E-state index contributed by atoms with van der Waals surface area (Å²) < 4.78 is 13.3. The Balaban J connectivity index is 2.25. The summed E-state index contributed by atoms with van der Waals surface area (Å²) in [5.74, 6) is -1.23. The molecule has 0 unspecified atom stereocenters. The highest BCUT2D eigenvalue weighted by atomic mass is 35.5. The average molecular weight is 319 g/mol. The molecule has 0 aliphatic rings. The van der Waals surface area contributed by atoms with Crippen LogP contribution in [-0.2, 0) is 0 Å². The molecule has 0 heterocycles. The van der Waals surface area contributed by atoms with Gasteiger partial charge in [0.2, 0.25) is 0 Å². The van der Waals surface area contributed by atoms with Gasteiger partial charge < -0.3 is 5.32 Å². The second kappa shape index (κ2) is 5.78. The van der Waals surface area contributed by atoms with E-state index in [1.54, 1.807) is 24.3 Å². The molecule has 0 aliphatic carbocycles. The van der Waals surface area contributed by atoms with Crippen LogP contribution in [0.15, 0.2) is 36.4 Å². The largest absolute Gasteiger partial charge is 0.322 e. The number of halogens is 4. The summed E-state index contributed by atoms with van der Waals surface area (Å²) in [5.41, 5.74) is 0.541. The topological polar surface area (TPSA) is 29.1 Å². The maximum absolute atomic E-state index is 13.3. The molecule has 0 atom stereocenters. The summed E-state index contributed by atoms with van der Waals surface area (Å²) >= 11 is 17.1. The molecular formula is C13H7Cl3FNO. The van der Waals surface area contributed by atoms with Crippen LogP contribution in [0.5, 0.6) is 0 Å². The van der Waals surface area contributed by atoms with Crippen molar-refractivity contribution >= 4 is 46.4 Å². The molecular weight excluding hydrogens is 312 g/mol. The fourth-order valence-electron chi connectivity index (χ4n) is 1.43. The minimum Gasteiger partial charge on any atom is -0.322 e. The molecule has 0 saturated carbocycles. The van der Waals surface area contributed by atoms with Crippen molar-refractivity contribution in [3.8, 4) is 0 Å². The van der Waals surface area contributed by atoms with Crippen LogP contribution in [0, 0.1) is 5.82 Å². The second-order valence-corrected chi connectivity index (χ2v) is 4.96. The van der Waals surface area contributed by atoms with E-state index in [0.29, 0.717) is 10.7 Å². The summed E-state index contributed by atoms with van der Waals surface area (Å²) in [6, 6.07) is 8.69. The maximum atomic E-state index is 13.3. The van der Waals surface area contributed by atoms with Crippen LogP contribution in [0.1, 0.15) is 10.4 Å². The van der Waals surface area contributed by atoms with Crippen molar-refractivity contribution in [1.82, 2.24) is 0 Å². The van der Waals surface area contributed by atoms with Crippen molar-refractivity contribution in [3.05, 3.63) is 62.8 Å². The average Bonchev–Trinajstić information content (AvgIpc) is 2.36. The Morgan fingerprint density at radius 2 is 1.63 bits per heavy atom. The first-order valence-electron chi connectivity index (χ1n) is 5.19. The van der Waals surface area contributed by atoms with Gasteiger partial charge in [-0.1, -0.05) is 34.8 Å². The zero-order valence-corrected chi connectivity index (χ0v) is 11.7. The maximum Gasteiger partial charge on any atom is 0.257 e. The summed E-state index contributed by atoms with van der Waals surface area (Å²) in [5, 5.41) is 3.08. The van der Waals surface area contributed by atoms with Crippen molar-refractivity contribution in [2.24, 2.45) is 0 Å². The number of carbonyl (C=O) groups excluding carboxylic acids is 1. The van der Waals surface area contributed by atoms with Crippen LogP contribution in [0.2, 0.25) is 15.1 Å². The van der Waals surface area contributed by atoms with Gasteiger partial charge in [0.1, 0.15) is 5.82 Å². The molecule has 1 N–H and O–H groups in total. The van der Waals surface area contributed by atoms with E-state index >= 15 is 0 Å². The van der Waals surface area contributed by atoms with Gasteiger partial charge in [0.05, 0.1) is 15.6 Å². The number of carbonyl (C=O) groups is 1. The minimum atomic E-state index is -0.702. The molecule has 98 valence electrons. The number of benzene rings is 2. The molecule has 0 aliphatic heterocycles. The molecule has 2 nitrogen and oxygen atoms in total. The predicted octanol–water partition coefficient (Wildman–Crippen LogP) is 5.04. The third-order valence-corrected chi connectivity index (χ3v) is 3.21. The molecule has 0 spiro atoms. The van der Waals surface area contributed by atoms with E-state index in [0.717, 1.165) is 6.07 Å². The zero-order chi connectivity index (χ0) is 14.0. The number of amides is 1. The van der Waals surface area contributed by atoms with Gasteiger partial charge in [0.15, 0.2) is 0 Å². The molecule has 0 bridgehead atoms. The minimum absolute atomic E-state index is 0.0125. The normalized spacial score (nSPS) is 10.3. The van der Waals surface area contributed by atoms with Gasteiger partial charge in [-0.3, -0.25) is 4.79 Å². The van der Waals surface area contributed by atoms with Gasteiger partial charge >= 0.3 is 0 Å². The summed E-state index contributed by atoms with van der Waals surface area (Å²) in [6.07, 6.45) is 0. The third-order valence-electron chi connectivity index (χ3n) is 2.36. The number of nitrogens with one attached hydrogen (secondary N) is 1. The molecule has 0 aromatic heterocycles. The zero-order valence-electron chi connectivity index (χ0n) is 9.38. The standard InChI is InChI=1S/C13H7Cl3FNO/c14-7-1-3-8(4-2-7)18-13(19)9-5-12(17)11(16)6-10(9)15/h1-6H,(H,18,19). The molecule has 2 rings (SSSR count). The lowest BCUT2D eigenvalue weighted by atomic mass is 10.2. The predicted molar refractivity (Wildman–Crippen MR) is 75.8 cm³/mol.